The Morgan fingerprint density at radius 1 is 1.32 bits per heavy atom. The Labute approximate surface area is 121 Å². The second-order valence-electron chi connectivity index (χ2n) is 6.09. The lowest BCUT2D eigenvalue weighted by molar-refractivity contribution is -0.00544. The van der Waals surface area contributed by atoms with Crippen molar-refractivity contribution in [1.82, 2.24) is 15.3 Å². The Balaban J connectivity index is 2.65. The fraction of sp³-hybridized carbons (Fsp3) is 0.786. The fourth-order valence-electron chi connectivity index (χ4n) is 1.55. The van der Waals surface area contributed by atoms with Gasteiger partial charge in [-0.1, -0.05) is 24.9 Å². The molecule has 1 rings (SSSR count). The minimum atomic E-state index is -0.815. The molecular weight excluding hydrogens is 262 g/mol. The van der Waals surface area contributed by atoms with Crippen LogP contribution in [0.2, 0.25) is 5.15 Å². The summed E-state index contributed by atoms with van der Waals surface area (Å²) in [6, 6.07) is 0. The molecule has 0 bridgehead atoms. The van der Waals surface area contributed by atoms with E-state index in [0.29, 0.717) is 11.7 Å². The third kappa shape index (κ3) is 4.48. The summed E-state index contributed by atoms with van der Waals surface area (Å²) in [5.74, 6) is 0.935. The molecule has 1 heterocycles. The van der Waals surface area contributed by atoms with E-state index in [9.17, 15) is 5.11 Å². The van der Waals surface area contributed by atoms with Crippen molar-refractivity contribution in [2.45, 2.75) is 71.6 Å². The smallest absolute Gasteiger partial charge is 0.151 e. The van der Waals surface area contributed by atoms with Crippen molar-refractivity contribution < 1.29 is 5.11 Å². The van der Waals surface area contributed by atoms with Gasteiger partial charge in [-0.3, -0.25) is 0 Å². The van der Waals surface area contributed by atoms with E-state index >= 15 is 0 Å². The molecule has 0 amide bonds. The number of imidazole rings is 1. The molecule has 4 nitrogen and oxygen atoms in total. The van der Waals surface area contributed by atoms with E-state index in [0.717, 1.165) is 30.8 Å². The van der Waals surface area contributed by atoms with Crippen molar-refractivity contribution >= 4 is 11.6 Å². The van der Waals surface area contributed by atoms with Gasteiger partial charge >= 0.3 is 0 Å². The summed E-state index contributed by atoms with van der Waals surface area (Å²) in [7, 11) is 0. The van der Waals surface area contributed by atoms with Crippen molar-refractivity contribution in [2.75, 3.05) is 0 Å². The van der Waals surface area contributed by atoms with Gasteiger partial charge in [0.2, 0.25) is 0 Å². The van der Waals surface area contributed by atoms with E-state index in [1.165, 1.54) is 0 Å². The lowest BCUT2D eigenvalue weighted by Crippen LogP contribution is -2.55. The molecule has 0 aromatic carbocycles. The van der Waals surface area contributed by atoms with E-state index in [2.05, 4.69) is 22.2 Å². The molecule has 0 spiro atoms. The van der Waals surface area contributed by atoms with Crippen LogP contribution < -0.4 is 5.32 Å². The fourth-order valence-corrected chi connectivity index (χ4v) is 1.76. The number of aliphatic hydroxyl groups is 1. The molecule has 19 heavy (non-hydrogen) atoms. The van der Waals surface area contributed by atoms with Gasteiger partial charge in [-0.05, 0) is 34.1 Å². The zero-order chi connectivity index (χ0) is 14.7. The highest BCUT2D eigenvalue weighted by Crippen LogP contribution is 2.22. The number of aromatic amines is 1. The number of halogens is 1. The first kappa shape index (κ1) is 16.5. The van der Waals surface area contributed by atoms with Gasteiger partial charge in [0.25, 0.3) is 0 Å². The molecule has 110 valence electrons. The minimum Gasteiger partial charge on any atom is -0.389 e. The first-order valence-corrected chi connectivity index (χ1v) is 7.26. The molecule has 0 atom stereocenters. The molecule has 0 aliphatic carbocycles. The molecule has 1 aromatic rings. The van der Waals surface area contributed by atoms with Crippen LogP contribution in [0.15, 0.2) is 0 Å². The van der Waals surface area contributed by atoms with Gasteiger partial charge in [-0.15, -0.1) is 0 Å². The van der Waals surface area contributed by atoms with E-state index in [1.54, 1.807) is 13.8 Å². The van der Waals surface area contributed by atoms with Crippen molar-refractivity contribution in [3.8, 4) is 0 Å². The van der Waals surface area contributed by atoms with Gasteiger partial charge in [0, 0.05) is 18.5 Å². The van der Waals surface area contributed by atoms with Crippen LogP contribution in [-0.4, -0.2) is 26.2 Å². The highest BCUT2D eigenvalue weighted by atomic mass is 35.5. The summed E-state index contributed by atoms with van der Waals surface area (Å²) in [5.41, 5.74) is -0.347. The van der Waals surface area contributed by atoms with E-state index in [1.807, 2.05) is 13.8 Å². The second-order valence-corrected chi connectivity index (χ2v) is 6.45. The monoisotopic (exact) mass is 287 g/mol. The number of hydrogen-bond acceptors (Lipinski definition) is 3. The predicted molar refractivity (Wildman–Crippen MR) is 79.4 cm³/mol. The van der Waals surface area contributed by atoms with Crippen molar-refractivity contribution in [2.24, 2.45) is 0 Å². The highest BCUT2D eigenvalue weighted by molar-refractivity contribution is 6.30. The molecule has 3 N–H and O–H groups in total. The zero-order valence-corrected chi connectivity index (χ0v) is 13.4. The van der Waals surface area contributed by atoms with Crippen LogP contribution in [-0.2, 0) is 13.0 Å². The van der Waals surface area contributed by atoms with Gasteiger partial charge in [-0.25, -0.2) is 4.98 Å². The maximum Gasteiger partial charge on any atom is 0.151 e. The molecule has 0 saturated heterocycles. The Bertz CT molecular complexity index is 407. The lowest BCUT2D eigenvalue weighted by Gasteiger charge is -2.38. The standard InChI is InChI=1S/C14H26ClN3O/c1-6-7-8-11-17-10(12(15)18-11)9-16-13(2,3)14(4,5)19/h16,19H,6-9H2,1-5H3,(H,17,18). The van der Waals surface area contributed by atoms with Crippen LogP contribution in [0.1, 0.15) is 59.0 Å². The van der Waals surface area contributed by atoms with Crippen molar-refractivity contribution in [3.63, 3.8) is 0 Å². The number of hydrogen-bond donors (Lipinski definition) is 3. The molecule has 5 heteroatoms. The quantitative estimate of drug-likeness (QED) is 0.722. The maximum absolute atomic E-state index is 10.1. The van der Waals surface area contributed by atoms with Gasteiger partial charge in [0.1, 0.15) is 5.82 Å². The SMILES string of the molecule is CCCCc1nc(Cl)c(CNC(C)(C)C(C)(C)O)[nH]1. The Morgan fingerprint density at radius 3 is 2.47 bits per heavy atom. The second kappa shape index (κ2) is 6.25. The van der Waals surface area contributed by atoms with Crippen molar-refractivity contribution in [3.05, 3.63) is 16.7 Å². The average molecular weight is 288 g/mol. The molecule has 0 aliphatic heterocycles. The van der Waals surface area contributed by atoms with Crippen molar-refractivity contribution in [1.29, 1.82) is 0 Å². The summed E-state index contributed by atoms with van der Waals surface area (Å²) >= 11 is 6.12. The summed E-state index contributed by atoms with van der Waals surface area (Å²) < 4.78 is 0. The van der Waals surface area contributed by atoms with E-state index in [-0.39, 0.29) is 0 Å². The van der Waals surface area contributed by atoms with Crippen LogP contribution in [0, 0.1) is 0 Å². The molecule has 0 radical (unpaired) electrons. The summed E-state index contributed by atoms with van der Waals surface area (Å²) in [6.45, 7) is 10.2. The molecule has 0 fully saturated rings. The predicted octanol–water partition coefficient (Wildman–Crippen LogP) is 3.04. The number of nitrogens with one attached hydrogen (secondary N) is 2. The molecule has 0 aliphatic rings. The number of H-pyrrole nitrogens is 1. The molecule has 0 unspecified atom stereocenters. The van der Waals surface area contributed by atoms with Crippen LogP contribution in [0.4, 0.5) is 0 Å². The minimum absolute atomic E-state index is 0.412. The zero-order valence-electron chi connectivity index (χ0n) is 12.6. The normalized spacial score (nSPS) is 13.0. The third-order valence-corrected chi connectivity index (χ3v) is 4.09. The summed E-state index contributed by atoms with van der Waals surface area (Å²) in [4.78, 5) is 7.57. The highest BCUT2D eigenvalue weighted by Gasteiger charge is 2.34. The Morgan fingerprint density at radius 2 is 1.95 bits per heavy atom. The lowest BCUT2D eigenvalue weighted by atomic mass is 9.86. The summed E-state index contributed by atoms with van der Waals surface area (Å²) in [5, 5.41) is 13.9. The van der Waals surface area contributed by atoms with E-state index < -0.39 is 11.1 Å². The number of rotatable bonds is 7. The van der Waals surface area contributed by atoms with E-state index in [4.69, 9.17) is 11.6 Å². The molecule has 0 saturated carbocycles. The van der Waals surface area contributed by atoms with Crippen LogP contribution >= 0.6 is 11.6 Å². The van der Waals surface area contributed by atoms with Crippen LogP contribution in [0.5, 0.6) is 0 Å². The maximum atomic E-state index is 10.1. The largest absolute Gasteiger partial charge is 0.389 e. The number of unbranched alkanes of at least 4 members (excludes halogenated alkanes) is 1. The van der Waals surface area contributed by atoms with Gasteiger partial charge < -0.3 is 15.4 Å². The molecular formula is C14H26ClN3O. The first-order valence-electron chi connectivity index (χ1n) is 6.88. The Hall–Kier alpha value is -0.580. The first-order chi connectivity index (χ1) is 8.67. The third-order valence-electron chi connectivity index (χ3n) is 3.78. The summed E-state index contributed by atoms with van der Waals surface area (Å²) in [6.07, 6.45) is 3.16. The van der Waals surface area contributed by atoms with Gasteiger partial charge in [0.15, 0.2) is 5.15 Å². The van der Waals surface area contributed by atoms with Crippen LogP contribution in [0.3, 0.4) is 0 Å². The number of aryl methyl sites for hydroxylation is 1. The Kier molecular flexibility index (Phi) is 5.42. The number of nitrogens with zero attached hydrogens (tertiary/aromatic N) is 1. The molecule has 1 aromatic heterocycles. The number of aromatic nitrogens is 2. The van der Waals surface area contributed by atoms with Crippen LogP contribution in [0.25, 0.3) is 0 Å². The average Bonchev–Trinajstić information content (AvgIpc) is 2.63. The topological polar surface area (TPSA) is 60.9 Å². The van der Waals surface area contributed by atoms with Gasteiger partial charge in [-0.2, -0.15) is 0 Å². The van der Waals surface area contributed by atoms with Gasteiger partial charge in [0.05, 0.1) is 11.3 Å².